The SMILES string of the molecule is CC(C)OCc1ccc(C(=O)O[C@@H](C)C(=O)N2CCc3ccccc32)cc1. The highest BCUT2D eigenvalue weighted by atomic mass is 16.5. The van der Waals surface area contributed by atoms with Crippen molar-refractivity contribution in [2.75, 3.05) is 11.4 Å². The molecule has 1 aliphatic heterocycles. The van der Waals surface area contributed by atoms with Gasteiger partial charge in [-0.3, -0.25) is 4.79 Å². The Hall–Kier alpha value is -2.66. The summed E-state index contributed by atoms with van der Waals surface area (Å²) in [5, 5.41) is 0. The van der Waals surface area contributed by atoms with Crippen molar-refractivity contribution < 1.29 is 19.1 Å². The Labute approximate surface area is 159 Å². The second-order valence-electron chi connectivity index (χ2n) is 6.97. The summed E-state index contributed by atoms with van der Waals surface area (Å²) in [5.74, 6) is -0.699. The molecule has 0 saturated carbocycles. The third-order valence-electron chi connectivity index (χ3n) is 4.56. The molecule has 2 aromatic carbocycles. The highest BCUT2D eigenvalue weighted by Crippen LogP contribution is 2.28. The monoisotopic (exact) mass is 367 g/mol. The maximum absolute atomic E-state index is 12.7. The minimum Gasteiger partial charge on any atom is -0.449 e. The molecule has 1 amide bonds. The van der Waals surface area contributed by atoms with Crippen LogP contribution in [-0.2, 0) is 27.3 Å². The zero-order chi connectivity index (χ0) is 19.4. The van der Waals surface area contributed by atoms with Gasteiger partial charge in [0.25, 0.3) is 5.91 Å². The molecule has 142 valence electrons. The predicted molar refractivity (Wildman–Crippen MR) is 104 cm³/mol. The smallest absolute Gasteiger partial charge is 0.338 e. The average molecular weight is 367 g/mol. The van der Waals surface area contributed by atoms with Crippen molar-refractivity contribution in [1.82, 2.24) is 0 Å². The molecule has 3 rings (SSSR count). The van der Waals surface area contributed by atoms with Crippen LogP contribution in [0, 0.1) is 0 Å². The quantitative estimate of drug-likeness (QED) is 0.730. The topological polar surface area (TPSA) is 55.8 Å². The largest absolute Gasteiger partial charge is 0.449 e. The summed E-state index contributed by atoms with van der Waals surface area (Å²) in [4.78, 5) is 26.8. The number of anilines is 1. The number of hydrogen-bond acceptors (Lipinski definition) is 4. The predicted octanol–water partition coefficient (Wildman–Crippen LogP) is 3.75. The lowest BCUT2D eigenvalue weighted by molar-refractivity contribution is -0.126. The Morgan fingerprint density at radius 2 is 1.74 bits per heavy atom. The van der Waals surface area contributed by atoms with Gasteiger partial charge in [0.05, 0.1) is 18.3 Å². The van der Waals surface area contributed by atoms with Crippen LogP contribution in [0.15, 0.2) is 48.5 Å². The van der Waals surface area contributed by atoms with E-state index in [4.69, 9.17) is 9.47 Å². The van der Waals surface area contributed by atoms with E-state index in [1.807, 2.05) is 50.2 Å². The number of esters is 1. The molecule has 0 aromatic heterocycles. The van der Waals surface area contributed by atoms with E-state index in [9.17, 15) is 9.59 Å². The molecule has 1 heterocycles. The van der Waals surface area contributed by atoms with Crippen LogP contribution in [0.5, 0.6) is 0 Å². The van der Waals surface area contributed by atoms with E-state index in [0.29, 0.717) is 18.7 Å². The van der Waals surface area contributed by atoms with Gasteiger partial charge in [-0.05, 0) is 56.5 Å². The first-order chi connectivity index (χ1) is 13.0. The molecule has 5 heteroatoms. The highest BCUT2D eigenvalue weighted by Gasteiger charge is 2.29. The number of hydrogen-bond donors (Lipinski definition) is 0. The summed E-state index contributed by atoms with van der Waals surface area (Å²) >= 11 is 0. The lowest BCUT2D eigenvalue weighted by Crippen LogP contribution is -2.39. The summed E-state index contributed by atoms with van der Waals surface area (Å²) < 4.78 is 10.9. The van der Waals surface area contributed by atoms with Crippen molar-refractivity contribution in [3.63, 3.8) is 0 Å². The first-order valence-electron chi connectivity index (χ1n) is 9.26. The molecule has 1 atom stereocenters. The van der Waals surface area contributed by atoms with Gasteiger partial charge in [0, 0.05) is 12.2 Å². The molecule has 27 heavy (non-hydrogen) atoms. The fourth-order valence-electron chi connectivity index (χ4n) is 3.07. The number of rotatable bonds is 6. The van der Waals surface area contributed by atoms with Gasteiger partial charge in [0.15, 0.2) is 6.10 Å². The minimum absolute atomic E-state index is 0.150. The molecule has 2 aromatic rings. The van der Waals surface area contributed by atoms with Gasteiger partial charge in [-0.2, -0.15) is 0 Å². The Morgan fingerprint density at radius 3 is 2.44 bits per heavy atom. The summed E-state index contributed by atoms with van der Waals surface area (Å²) in [5.41, 5.74) is 3.45. The molecule has 5 nitrogen and oxygen atoms in total. The number of fused-ring (bicyclic) bond motifs is 1. The van der Waals surface area contributed by atoms with E-state index in [1.165, 1.54) is 0 Å². The van der Waals surface area contributed by atoms with Gasteiger partial charge in [0.1, 0.15) is 0 Å². The lowest BCUT2D eigenvalue weighted by Gasteiger charge is -2.21. The van der Waals surface area contributed by atoms with Gasteiger partial charge < -0.3 is 14.4 Å². The Kier molecular flexibility index (Phi) is 5.91. The van der Waals surface area contributed by atoms with Gasteiger partial charge in [-0.1, -0.05) is 30.3 Å². The maximum Gasteiger partial charge on any atom is 0.338 e. The van der Waals surface area contributed by atoms with Gasteiger partial charge in [-0.15, -0.1) is 0 Å². The average Bonchev–Trinajstić information content (AvgIpc) is 3.10. The Bertz CT molecular complexity index is 813. The molecule has 0 radical (unpaired) electrons. The zero-order valence-corrected chi connectivity index (χ0v) is 16.0. The molecule has 0 aliphatic carbocycles. The van der Waals surface area contributed by atoms with E-state index in [1.54, 1.807) is 24.0 Å². The summed E-state index contributed by atoms with van der Waals surface area (Å²) in [6.07, 6.45) is 0.132. The van der Waals surface area contributed by atoms with Crippen LogP contribution in [0.1, 0.15) is 42.3 Å². The summed E-state index contributed by atoms with van der Waals surface area (Å²) in [6.45, 7) is 6.68. The summed E-state index contributed by atoms with van der Waals surface area (Å²) in [6, 6.07) is 14.9. The molecular weight excluding hydrogens is 342 g/mol. The van der Waals surface area contributed by atoms with E-state index in [2.05, 4.69) is 0 Å². The van der Waals surface area contributed by atoms with Crippen molar-refractivity contribution in [2.24, 2.45) is 0 Å². The molecule has 0 spiro atoms. The van der Waals surface area contributed by atoms with E-state index < -0.39 is 12.1 Å². The van der Waals surface area contributed by atoms with Crippen LogP contribution in [-0.4, -0.2) is 30.6 Å². The number of para-hydroxylation sites is 1. The second kappa shape index (κ2) is 8.35. The van der Waals surface area contributed by atoms with Crippen molar-refractivity contribution in [1.29, 1.82) is 0 Å². The van der Waals surface area contributed by atoms with Crippen LogP contribution in [0.25, 0.3) is 0 Å². The van der Waals surface area contributed by atoms with Crippen molar-refractivity contribution >= 4 is 17.6 Å². The van der Waals surface area contributed by atoms with Crippen molar-refractivity contribution in [3.05, 3.63) is 65.2 Å². The third kappa shape index (κ3) is 4.55. The molecular formula is C22H25NO4. The molecule has 0 fully saturated rings. The van der Waals surface area contributed by atoms with Crippen LogP contribution in [0.3, 0.4) is 0 Å². The Morgan fingerprint density at radius 1 is 1.04 bits per heavy atom. The fraction of sp³-hybridized carbons (Fsp3) is 0.364. The first kappa shape index (κ1) is 19.1. The van der Waals surface area contributed by atoms with E-state index in [0.717, 1.165) is 23.2 Å². The summed E-state index contributed by atoms with van der Waals surface area (Å²) in [7, 11) is 0. The molecule has 0 bridgehead atoms. The van der Waals surface area contributed by atoms with Crippen molar-refractivity contribution in [3.8, 4) is 0 Å². The van der Waals surface area contributed by atoms with E-state index >= 15 is 0 Å². The Balaban J connectivity index is 1.60. The molecule has 0 N–H and O–H groups in total. The lowest BCUT2D eigenvalue weighted by atomic mass is 10.1. The maximum atomic E-state index is 12.7. The van der Waals surface area contributed by atoms with Crippen LogP contribution in [0.4, 0.5) is 5.69 Å². The molecule has 1 aliphatic rings. The number of carbonyl (C=O) groups excluding carboxylic acids is 2. The van der Waals surface area contributed by atoms with Crippen molar-refractivity contribution in [2.45, 2.75) is 46.0 Å². The normalized spacial score (nSPS) is 14.1. The zero-order valence-electron chi connectivity index (χ0n) is 16.0. The number of benzene rings is 2. The second-order valence-corrected chi connectivity index (χ2v) is 6.97. The fourth-order valence-corrected chi connectivity index (χ4v) is 3.07. The number of nitrogens with zero attached hydrogens (tertiary/aromatic N) is 1. The van der Waals surface area contributed by atoms with E-state index in [-0.39, 0.29) is 12.0 Å². The van der Waals surface area contributed by atoms with Crippen LogP contribution >= 0.6 is 0 Å². The molecule has 0 unspecified atom stereocenters. The van der Waals surface area contributed by atoms with Crippen LogP contribution < -0.4 is 4.90 Å². The van der Waals surface area contributed by atoms with Crippen LogP contribution in [0.2, 0.25) is 0 Å². The molecule has 0 saturated heterocycles. The third-order valence-corrected chi connectivity index (χ3v) is 4.56. The minimum atomic E-state index is -0.840. The highest BCUT2D eigenvalue weighted by molar-refractivity contribution is 6.00. The van der Waals surface area contributed by atoms with Gasteiger partial charge in [-0.25, -0.2) is 4.79 Å². The number of amides is 1. The standard InChI is InChI=1S/C22H25NO4/c1-15(2)26-14-17-8-10-19(11-9-17)22(25)27-16(3)21(24)23-13-12-18-6-4-5-7-20(18)23/h4-11,15-16H,12-14H2,1-3H3/t16-/m0/s1. The first-order valence-corrected chi connectivity index (χ1v) is 9.26. The van der Waals surface area contributed by atoms with Gasteiger partial charge >= 0.3 is 5.97 Å². The number of ether oxygens (including phenoxy) is 2. The number of carbonyl (C=O) groups is 2. The van der Waals surface area contributed by atoms with Gasteiger partial charge in [0.2, 0.25) is 0 Å².